The number of rotatable bonds is 7. The molecule has 1 atom stereocenters. The van der Waals surface area contributed by atoms with E-state index in [4.69, 9.17) is 32.5 Å². The lowest BCUT2D eigenvalue weighted by molar-refractivity contribution is -0.137. The third-order valence-corrected chi connectivity index (χ3v) is 8.18. The van der Waals surface area contributed by atoms with Crippen LogP contribution in [0.5, 0.6) is 11.8 Å². The number of aromatic nitrogens is 6. The molecular formula is C30H28ClF4N9O2. The topological polar surface area (TPSA) is 143 Å². The predicted octanol–water partition coefficient (Wildman–Crippen LogP) is 5.69. The summed E-state index contributed by atoms with van der Waals surface area (Å²) < 4.78 is 73.6. The van der Waals surface area contributed by atoms with E-state index in [0.29, 0.717) is 12.0 Å². The minimum atomic E-state index is -4.91. The van der Waals surface area contributed by atoms with Crippen LogP contribution in [0.4, 0.5) is 35.0 Å². The Morgan fingerprint density at radius 1 is 1.15 bits per heavy atom. The molecule has 0 amide bonds. The van der Waals surface area contributed by atoms with Crippen molar-refractivity contribution in [3.05, 3.63) is 70.1 Å². The fourth-order valence-electron chi connectivity index (χ4n) is 5.64. The second-order valence-corrected chi connectivity index (χ2v) is 11.1. The molecular weight excluding hydrogens is 630 g/mol. The maximum atomic E-state index is 16.8. The minimum absolute atomic E-state index is 0.00558. The van der Waals surface area contributed by atoms with Crippen LogP contribution in [0, 0.1) is 12.7 Å². The molecule has 6 rings (SSSR count). The maximum Gasteiger partial charge on any atom is 0.418 e. The van der Waals surface area contributed by atoms with Crippen molar-refractivity contribution in [2.45, 2.75) is 32.5 Å². The lowest BCUT2D eigenvalue weighted by atomic mass is 9.98. The molecule has 4 N–H and O–H groups in total. The number of anilines is 3. The van der Waals surface area contributed by atoms with Crippen LogP contribution in [0.15, 0.2) is 36.8 Å². The third kappa shape index (κ3) is 5.44. The molecule has 1 aliphatic rings. The fourth-order valence-corrected chi connectivity index (χ4v) is 5.96. The van der Waals surface area contributed by atoms with Gasteiger partial charge in [-0.15, -0.1) is 0 Å². The zero-order valence-corrected chi connectivity index (χ0v) is 25.6. The highest BCUT2D eigenvalue weighted by Gasteiger charge is 2.40. The Bertz CT molecular complexity index is 1970. The van der Waals surface area contributed by atoms with Gasteiger partial charge in [0.1, 0.15) is 35.4 Å². The van der Waals surface area contributed by atoms with Gasteiger partial charge in [0.25, 0.3) is 0 Å². The first kappa shape index (κ1) is 31.1. The van der Waals surface area contributed by atoms with Gasteiger partial charge in [0.05, 0.1) is 46.4 Å². The van der Waals surface area contributed by atoms with Gasteiger partial charge in [-0.25, -0.2) is 19.3 Å². The first-order valence-electron chi connectivity index (χ1n) is 14.1. The molecule has 0 bridgehead atoms. The number of pyridine rings is 2. The zero-order valence-electron chi connectivity index (χ0n) is 24.9. The first-order chi connectivity index (χ1) is 21.9. The number of imidazole rings is 1. The Balaban J connectivity index is 1.59. The number of nitrogens with two attached hydrogens (primary N) is 2. The van der Waals surface area contributed by atoms with Gasteiger partial charge < -0.3 is 30.4 Å². The zero-order chi connectivity index (χ0) is 32.9. The summed E-state index contributed by atoms with van der Waals surface area (Å²) in [5.41, 5.74) is 9.44. The van der Waals surface area contributed by atoms with Crippen LogP contribution < -0.4 is 25.8 Å². The van der Waals surface area contributed by atoms with Gasteiger partial charge in [-0.3, -0.25) is 0 Å². The predicted molar refractivity (Wildman–Crippen MR) is 164 cm³/mol. The Hall–Kier alpha value is -4.92. The SMILES string of the molecule is Cc1cc(N)nc(-c2c(Cl)c3c4c(nc(OCCc5nccn5C)nc4c2F)N([C@H](C)c2cccnc2N)CCO3)c1C(F)(F)F. The van der Waals surface area contributed by atoms with Crippen LogP contribution >= 0.6 is 11.6 Å². The molecule has 16 heteroatoms. The van der Waals surface area contributed by atoms with E-state index >= 15 is 4.39 Å². The van der Waals surface area contributed by atoms with Crippen LogP contribution in [0.25, 0.3) is 22.2 Å². The van der Waals surface area contributed by atoms with E-state index in [1.807, 2.05) is 18.5 Å². The molecule has 0 radical (unpaired) electrons. The standard InChI is InChI=1S/C30H28ClF4N9O2/c1-14-13-17(36)40-24(21(14)30(33,34)35)19-22(31)26-20-25(23(19)32)41-29(46-11-6-18-38-8-9-43(18)3)42-28(20)44(10-12-45-26)15(2)16-5-4-7-39-27(16)37/h4-5,7-9,13,15H,6,10-12H2,1-3H3,(H2,36,40)(H2,37,39)/t15-/m1/s1. The van der Waals surface area contributed by atoms with E-state index in [1.165, 1.54) is 6.92 Å². The minimum Gasteiger partial charge on any atom is -0.489 e. The molecule has 5 aromatic rings. The van der Waals surface area contributed by atoms with Crippen molar-refractivity contribution in [3.8, 4) is 23.0 Å². The van der Waals surface area contributed by atoms with Crippen LogP contribution in [0.2, 0.25) is 5.02 Å². The molecule has 11 nitrogen and oxygen atoms in total. The maximum absolute atomic E-state index is 16.8. The Morgan fingerprint density at radius 2 is 1.93 bits per heavy atom. The highest BCUT2D eigenvalue weighted by Crippen LogP contribution is 2.50. The van der Waals surface area contributed by atoms with E-state index < -0.39 is 39.9 Å². The molecule has 5 heterocycles. The summed E-state index contributed by atoms with van der Waals surface area (Å²) in [6.07, 6.45) is 0.438. The van der Waals surface area contributed by atoms with Crippen molar-refractivity contribution < 1.29 is 27.0 Å². The average molecular weight is 658 g/mol. The molecule has 1 aliphatic heterocycles. The second-order valence-electron chi connectivity index (χ2n) is 10.7. The van der Waals surface area contributed by atoms with Gasteiger partial charge in [0, 0.05) is 37.6 Å². The summed E-state index contributed by atoms with van der Waals surface area (Å²) >= 11 is 6.74. The lowest BCUT2D eigenvalue weighted by Crippen LogP contribution is -2.31. The molecule has 0 saturated heterocycles. The molecule has 0 saturated carbocycles. The Labute approximate surface area is 265 Å². The number of hydrogen-bond donors (Lipinski definition) is 2. The van der Waals surface area contributed by atoms with E-state index in [0.717, 1.165) is 11.9 Å². The van der Waals surface area contributed by atoms with Crippen molar-refractivity contribution in [1.29, 1.82) is 0 Å². The van der Waals surface area contributed by atoms with Gasteiger partial charge in [-0.2, -0.15) is 23.1 Å². The molecule has 0 unspecified atom stereocenters. The normalized spacial score (nSPS) is 13.9. The van der Waals surface area contributed by atoms with E-state index in [9.17, 15) is 13.2 Å². The van der Waals surface area contributed by atoms with E-state index in [-0.39, 0.29) is 65.4 Å². The molecule has 4 aromatic heterocycles. The van der Waals surface area contributed by atoms with E-state index in [2.05, 4.69) is 24.9 Å². The molecule has 0 spiro atoms. The number of nitrogens with zero attached hydrogens (tertiary/aromatic N) is 7. The summed E-state index contributed by atoms with van der Waals surface area (Å²) in [5, 5.41) is -0.389. The van der Waals surface area contributed by atoms with Crippen LogP contribution in [0.1, 0.15) is 35.5 Å². The van der Waals surface area contributed by atoms with Crippen molar-refractivity contribution in [3.63, 3.8) is 0 Å². The summed E-state index contributed by atoms with van der Waals surface area (Å²) in [4.78, 5) is 23.1. The van der Waals surface area contributed by atoms with Crippen molar-refractivity contribution >= 4 is 40.0 Å². The molecule has 0 fully saturated rings. The number of aryl methyl sites for hydroxylation is 2. The molecule has 0 aliphatic carbocycles. The highest BCUT2D eigenvalue weighted by atomic mass is 35.5. The summed E-state index contributed by atoms with van der Waals surface area (Å²) in [6.45, 7) is 3.35. The number of halogens is 5. The summed E-state index contributed by atoms with van der Waals surface area (Å²) in [5.74, 6) is -0.353. The number of nitrogen functional groups attached to an aromatic ring is 2. The Kier molecular flexibility index (Phi) is 7.96. The van der Waals surface area contributed by atoms with Crippen molar-refractivity contribution in [2.75, 3.05) is 36.1 Å². The number of alkyl halides is 3. The lowest BCUT2D eigenvalue weighted by Gasteiger charge is -2.30. The van der Waals surface area contributed by atoms with E-state index in [1.54, 1.807) is 35.6 Å². The van der Waals surface area contributed by atoms with Gasteiger partial charge in [-0.05, 0) is 31.5 Å². The van der Waals surface area contributed by atoms with Gasteiger partial charge in [-0.1, -0.05) is 17.7 Å². The first-order valence-corrected chi connectivity index (χ1v) is 14.5. The number of hydrogen-bond acceptors (Lipinski definition) is 10. The quantitative estimate of drug-likeness (QED) is 0.210. The summed E-state index contributed by atoms with van der Waals surface area (Å²) in [6, 6.07) is 3.90. The second kappa shape index (κ2) is 11.8. The molecule has 1 aromatic carbocycles. The Morgan fingerprint density at radius 3 is 2.63 bits per heavy atom. The summed E-state index contributed by atoms with van der Waals surface area (Å²) in [7, 11) is 1.83. The van der Waals surface area contributed by atoms with Crippen molar-refractivity contribution in [1.82, 2.24) is 29.5 Å². The highest BCUT2D eigenvalue weighted by molar-refractivity contribution is 6.36. The number of ether oxygens (including phenoxy) is 2. The monoisotopic (exact) mass is 657 g/mol. The van der Waals surface area contributed by atoms with Crippen LogP contribution in [0.3, 0.4) is 0 Å². The fraction of sp³-hybridized carbons (Fsp3) is 0.300. The van der Waals surface area contributed by atoms with Crippen LogP contribution in [-0.4, -0.2) is 49.2 Å². The third-order valence-electron chi connectivity index (χ3n) is 7.82. The van der Waals surface area contributed by atoms with Crippen LogP contribution in [-0.2, 0) is 19.6 Å². The van der Waals surface area contributed by atoms with Gasteiger partial charge in [0.15, 0.2) is 11.6 Å². The van der Waals surface area contributed by atoms with Crippen molar-refractivity contribution in [2.24, 2.45) is 7.05 Å². The largest absolute Gasteiger partial charge is 0.489 e. The molecule has 46 heavy (non-hydrogen) atoms. The van der Waals surface area contributed by atoms with Gasteiger partial charge >= 0.3 is 12.2 Å². The molecule has 240 valence electrons. The van der Waals surface area contributed by atoms with Gasteiger partial charge in [0.2, 0.25) is 0 Å². The average Bonchev–Trinajstić information content (AvgIpc) is 3.29. The number of benzene rings is 1. The smallest absolute Gasteiger partial charge is 0.418 e.